The predicted molar refractivity (Wildman–Crippen MR) is 114 cm³/mol. The Kier molecular flexibility index (Phi) is 7.81. The molecule has 1 aromatic heterocycles. The fourth-order valence-corrected chi connectivity index (χ4v) is 4.04. The van der Waals surface area contributed by atoms with Crippen molar-refractivity contribution in [3.63, 3.8) is 0 Å². The Balaban J connectivity index is 1.54. The van der Waals surface area contributed by atoms with Gasteiger partial charge in [0.1, 0.15) is 0 Å². The standard InChI is InChI=1S/C22H30ClN3O3/c1-3-13-29-21-19(23)14-18(15-20(21)28-2)22(27)26-10-6-17(7-11-26)5-4-9-25-12-8-24-16-25/h8,12,14-17H,3-7,9-11,13H2,1-2H3. The third-order valence-electron chi connectivity index (χ3n) is 5.42. The van der Waals surface area contributed by atoms with Crippen LogP contribution in [0.4, 0.5) is 0 Å². The lowest BCUT2D eigenvalue weighted by molar-refractivity contribution is 0.0685. The largest absolute Gasteiger partial charge is 0.493 e. The van der Waals surface area contributed by atoms with E-state index in [0.717, 1.165) is 45.3 Å². The summed E-state index contributed by atoms with van der Waals surface area (Å²) >= 11 is 6.37. The number of imidazole rings is 1. The van der Waals surface area contributed by atoms with Crippen LogP contribution in [0, 0.1) is 5.92 Å². The Labute approximate surface area is 177 Å². The molecule has 3 rings (SSSR count). The van der Waals surface area contributed by atoms with Crippen LogP contribution >= 0.6 is 11.6 Å². The summed E-state index contributed by atoms with van der Waals surface area (Å²) in [7, 11) is 1.56. The van der Waals surface area contributed by atoms with Crippen LogP contribution in [0.25, 0.3) is 0 Å². The molecule has 1 saturated heterocycles. The summed E-state index contributed by atoms with van der Waals surface area (Å²) in [5.41, 5.74) is 0.550. The second-order valence-electron chi connectivity index (χ2n) is 7.52. The fraction of sp³-hybridized carbons (Fsp3) is 0.545. The molecule has 2 heterocycles. The minimum absolute atomic E-state index is 0.00380. The molecule has 6 nitrogen and oxygen atoms in total. The van der Waals surface area contributed by atoms with Crippen LogP contribution in [0.15, 0.2) is 30.9 Å². The van der Waals surface area contributed by atoms with Gasteiger partial charge in [-0.2, -0.15) is 0 Å². The van der Waals surface area contributed by atoms with Gasteiger partial charge >= 0.3 is 0 Å². The molecule has 0 spiro atoms. The number of ether oxygens (including phenoxy) is 2. The minimum Gasteiger partial charge on any atom is -0.493 e. The molecule has 1 aromatic carbocycles. The Bertz CT molecular complexity index is 787. The number of methoxy groups -OCH3 is 1. The van der Waals surface area contributed by atoms with Crippen molar-refractivity contribution < 1.29 is 14.3 Å². The number of likely N-dealkylation sites (tertiary alicyclic amines) is 1. The van der Waals surface area contributed by atoms with Crippen molar-refractivity contribution in [2.45, 2.75) is 45.6 Å². The molecule has 0 aliphatic carbocycles. The lowest BCUT2D eigenvalue weighted by Crippen LogP contribution is -2.38. The predicted octanol–water partition coefficient (Wildman–Crippen LogP) is 4.67. The van der Waals surface area contributed by atoms with Crippen LogP contribution in [0.3, 0.4) is 0 Å². The maximum atomic E-state index is 13.0. The van der Waals surface area contributed by atoms with Crippen molar-refractivity contribution in [2.24, 2.45) is 5.92 Å². The van der Waals surface area contributed by atoms with Gasteiger partial charge in [-0.15, -0.1) is 0 Å². The summed E-state index contributed by atoms with van der Waals surface area (Å²) in [4.78, 5) is 19.0. The highest BCUT2D eigenvalue weighted by Crippen LogP contribution is 2.37. The summed E-state index contributed by atoms with van der Waals surface area (Å²) in [6.07, 6.45) is 10.9. The molecule has 1 amide bonds. The van der Waals surface area contributed by atoms with E-state index < -0.39 is 0 Å². The van der Waals surface area contributed by atoms with Gasteiger partial charge in [0.05, 0.1) is 25.1 Å². The molecule has 29 heavy (non-hydrogen) atoms. The summed E-state index contributed by atoms with van der Waals surface area (Å²) < 4.78 is 13.2. The maximum Gasteiger partial charge on any atom is 0.254 e. The Hall–Kier alpha value is -2.21. The van der Waals surface area contributed by atoms with Gasteiger partial charge in [-0.05, 0) is 50.2 Å². The molecule has 0 unspecified atom stereocenters. The number of aryl methyl sites for hydroxylation is 1. The second-order valence-corrected chi connectivity index (χ2v) is 7.92. The molecular weight excluding hydrogens is 390 g/mol. The average Bonchev–Trinajstić information content (AvgIpc) is 3.26. The first-order valence-electron chi connectivity index (χ1n) is 10.4. The first kappa shape index (κ1) is 21.5. The number of aromatic nitrogens is 2. The number of piperidine rings is 1. The topological polar surface area (TPSA) is 56.6 Å². The maximum absolute atomic E-state index is 13.0. The van der Waals surface area contributed by atoms with E-state index in [-0.39, 0.29) is 5.91 Å². The van der Waals surface area contributed by atoms with Crippen molar-refractivity contribution in [2.75, 3.05) is 26.8 Å². The Morgan fingerprint density at radius 1 is 1.31 bits per heavy atom. The van der Waals surface area contributed by atoms with Crippen LogP contribution in [0.2, 0.25) is 5.02 Å². The van der Waals surface area contributed by atoms with Crippen LogP contribution in [0.1, 0.15) is 49.4 Å². The summed E-state index contributed by atoms with van der Waals surface area (Å²) in [5.74, 6) is 1.68. The molecule has 7 heteroatoms. The zero-order valence-corrected chi connectivity index (χ0v) is 18.0. The molecule has 1 aliphatic rings. The quantitative estimate of drug-likeness (QED) is 0.592. The van der Waals surface area contributed by atoms with Gasteiger partial charge in [0, 0.05) is 37.6 Å². The zero-order chi connectivity index (χ0) is 20.6. The summed E-state index contributed by atoms with van der Waals surface area (Å²) in [5, 5.41) is 0.413. The first-order chi connectivity index (χ1) is 14.1. The molecule has 0 bridgehead atoms. The van der Waals surface area contributed by atoms with Crippen LogP contribution in [-0.2, 0) is 6.54 Å². The summed E-state index contributed by atoms with van der Waals surface area (Å²) in [6, 6.07) is 3.42. The van der Waals surface area contributed by atoms with Crippen molar-refractivity contribution >= 4 is 17.5 Å². The highest BCUT2D eigenvalue weighted by molar-refractivity contribution is 6.32. The summed E-state index contributed by atoms with van der Waals surface area (Å²) in [6.45, 7) is 5.15. The molecule has 1 fully saturated rings. The molecule has 0 N–H and O–H groups in total. The van der Waals surface area contributed by atoms with E-state index >= 15 is 0 Å². The zero-order valence-electron chi connectivity index (χ0n) is 17.3. The second kappa shape index (κ2) is 10.5. The van der Waals surface area contributed by atoms with E-state index in [4.69, 9.17) is 21.1 Å². The molecule has 0 saturated carbocycles. The minimum atomic E-state index is 0.00380. The highest BCUT2D eigenvalue weighted by atomic mass is 35.5. The van der Waals surface area contributed by atoms with Gasteiger partial charge in [0.25, 0.3) is 5.91 Å². The van der Waals surface area contributed by atoms with E-state index in [0.29, 0.717) is 34.6 Å². The third kappa shape index (κ3) is 5.66. The number of carbonyl (C=O) groups is 1. The van der Waals surface area contributed by atoms with Gasteiger partial charge in [-0.1, -0.05) is 18.5 Å². The van der Waals surface area contributed by atoms with Crippen molar-refractivity contribution in [1.82, 2.24) is 14.5 Å². The smallest absolute Gasteiger partial charge is 0.254 e. The number of hydrogen-bond donors (Lipinski definition) is 0. The number of carbonyl (C=O) groups excluding carboxylic acids is 1. The van der Waals surface area contributed by atoms with E-state index in [9.17, 15) is 4.79 Å². The number of nitrogens with zero attached hydrogens (tertiary/aromatic N) is 3. The Morgan fingerprint density at radius 2 is 2.10 bits per heavy atom. The molecule has 0 atom stereocenters. The SMILES string of the molecule is CCCOc1c(Cl)cc(C(=O)N2CCC(CCCn3ccnc3)CC2)cc1OC. The van der Waals surface area contributed by atoms with Crippen molar-refractivity contribution in [3.8, 4) is 11.5 Å². The first-order valence-corrected chi connectivity index (χ1v) is 10.8. The number of amides is 1. The van der Waals surface area contributed by atoms with E-state index in [2.05, 4.69) is 9.55 Å². The van der Waals surface area contributed by atoms with Gasteiger partial charge in [-0.25, -0.2) is 4.98 Å². The third-order valence-corrected chi connectivity index (χ3v) is 5.70. The number of rotatable bonds is 9. The molecule has 1 aliphatic heterocycles. The van der Waals surface area contributed by atoms with Crippen LogP contribution in [0.5, 0.6) is 11.5 Å². The lowest BCUT2D eigenvalue weighted by atomic mass is 9.92. The van der Waals surface area contributed by atoms with E-state index in [1.807, 2.05) is 30.5 Å². The average molecular weight is 420 g/mol. The van der Waals surface area contributed by atoms with Crippen molar-refractivity contribution in [3.05, 3.63) is 41.4 Å². The van der Waals surface area contributed by atoms with E-state index in [1.54, 1.807) is 19.2 Å². The van der Waals surface area contributed by atoms with Gasteiger partial charge < -0.3 is 18.9 Å². The van der Waals surface area contributed by atoms with Crippen LogP contribution < -0.4 is 9.47 Å². The van der Waals surface area contributed by atoms with Gasteiger partial charge in [0.2, 0.25) is 0 Å². The normalized spacial score (nSPS) is 14.8. The van der Waals surface area contributed by atoms with Crippen molar-refractivity contribution in [1.29, 1.82) is 0 Å². The molecular formula is C22H30ClN3O3. The number of hydrogen-bond acceptors (Lipinski definition) is 4. The fourth-order valence-electron chi connectivity index (χ4n) is 3.78. The van der Waals surface area contributed by atoms with Gasteiger partial charge in [0.15, 0.2) is 11.5 Å². The number of benzene rings is 1. The molecule has 0 radical (unpaired) electrons. The number of halogens is 1. The monoisotopic (exact) mass is 419 g/mol. The molecule has 158 valence electrons. The van der Waals surface area contributed by atoms with Gasteiger partial charge in [-0.3, -0.25) is 4.79 Å². The van der Waals surface area contributed by atoms with E-state index in [1.165, 1.54) is 6.42 Å². The lowest BCUT2D eigenvalue weighted by Gasteiger charge is -2.32. The highest BCUT2D eigenvalue weighted by Gasteiger charge is 2.25. The Morgan fingerprint density at radius 3 is 2.76 bits per heavy atom. The molecule has 2 aromatic rings. The van der Waals surface area contributed by atoms with Crippen LogP contribution in [-0.4, -0.2) is 47.2 Å².